The number of hydrogen-bond donors (Lipinski definition) is 2. The van der Waals surface area contributed by atoms with Crippen LogP contribution >= 0.6 is 12.2 Å². The summed E-state index contributed by atoms with van der Waals surface area (Å²) in [5.74, 6) is 0. The number of thiocarbonyl (C=S) groups is 1. The summed E-state index contributed by atoms with van der Waals surface area (Å²) in [4.78, 5) is 0. The standard InChI is InChI=1S/C19H24N2S/c1-18(2,15-11-7-5-8-12-15)20-17(22)21-19(3,4)16-13-9-6-10-14-16/h5-14H,1-4H3,(H2,20,21,22). The lowest BCUT2D eigenvalue weighted by Crippen LogP contribution is -2.51. The Kier molecular flexibility index (Phi) is 4.87. The van der Waals surface area contributed by atoms with Crippen molar-refractivity contribution in [3.63, 3.8) is 0 Å². The van der Waals surface area contributed by atoms with E-state index in [1.165, 1.54) is 11.1 Å². The fourth-order valence-electron chi connectivity index (χ4n) is 2.45. The fourth-order valence-corrected chi connectivity index (χ4v) is 2.96. The Morgan fingerprint density at radius 1 is 0.682 bits per heavy atom. The molecule has 2 nitrogen and oxygen atoms in total. The van der Waals surface area contributed by atoms with Gasteiger partial charge in [0.05, 0.1) is 11.1 Å². The van der Waals surface area contributed by atoms with Crippen LogP contribution in [0.4, 0.5) is 0 Å². The molecule has 0 aliphatic carbocycles. The van der Waals surface area contributed by atoms with E-state index in [2.05, 4.69) is 62.6 Å². The minimum absolute atomic E-state index is 0.224. The van der Waals surface area contributed by atoms with Gasteiger partial charge in [-0.15, -0.1) is 0 Å². The number of benzene rings is 2. The highest BCUT2D eigenvalue weighted by molar-refractivity contribution is 7.80. The van der Waals surface area contributed by atoms with Gasteiger partial charge in [-0.3, -0.25) is 0 Å². The average molecular weight is 312 g/mol. The van der Waals surface area contributed by atoms with E-state index in [9.17, 15) is 0 Å². The number of rotatable bonds is 4. The highest BCUT2D eigenvalue weighted by Crippen LogP contribution is 2.22. The largest absolute Gasteiger partial charge is 0.354 e. The molecule has 0 saturated heterocycles. The Morgan fingerprint density at radius 2 is 1.00 bits per heavy atom. The maximum absolute atomic E-state index is 5.53. The average Bonchev–Trinajstić information content (AvgIpc) is 2.48. The third-order valence-electron chi connectivity index (χ3n) is 3.84. The van der Waals surface area contributed by atoms with E-state index in [1.807, 2.05) is 36.4 Å². The van der Waals surface area contributed by atoms with Gasteiger partial charge >= 0.3 is 0 Å². The van der Waals surface area contributed by atoms with Crippen molar-refractivity contribution in [2.75, 3.05) is 0 Å². The predicted octanol–water partition coefficient (Wildman–Crippen LogP) is 4.32. The lowest BCUT2D eigenvalue weighted by Gasteiger charge is -2.33. The van der Waals surface area contributed by atoms with Gasteiger partial charge in [-0.05, 0) is 51.0 Å². The highest BCUT2D eigenvalue weighted by Gasteiger charge is 2.25. The topological polar surface area (TPSA) is 24.1 Å². The minimum Gasteiger partial charge on any atom is -0.354 e. The van der Waals surface area contributed by atoms with E-state index < -0.39 is 0 Å². The Labute approximate surface area is 139 Å². The number of nitrogens with one attached hydrogen (secondary N) is 2. The first kappa shape index (κ1) is 16.5. The van der Waals surface area contributed by atoms with Gasteiger partial charge in [-0.1, -0.05) is 60.7 Å². The molecule has 2 aromatic carbocycles. The van der Waals surface area contributed by atoms with Crippen molar-refractivity contribution in [2.24, 2.45) is 0 Å². The molecule has 0 fully saturated rings. The van der Waals surface area contributed by atoms with Crippen LogP contribution < -0.4 is 10.6 Å². The van der Waals surface area contributed by atoms with Gasteiger partial charge in [0.1, 0.15) is 0 Å². The van der Waals surface area contributed by atoms with Crippen LogP contribution in [0.2, 0.25) is 0 Å². The van der Waals surface area contributed by atoms with Crippen LogP contribution in [-0.2, 0) is 11.1 Å². The summed E-state index contributed by atoms with van der Waals surface area (Å²) in [6.45, 7) is 8.52. The predicted molar refractivity (Wildman–Crippen MR) is 97.8 cm³/mol. The summed E-state index contributed by atoms with van der Waals surface area (Å²) in [6, 6.07) is 20.7. The molecule has 22 heavy (non-hydrogen) atoms. The SMILES string of the molecule is CC(C)(NC(=S)NC(C)(C)c1ccccc1)c1ccccc1. The molecule has 0 saturated carbocycles. The van der Waals surface area contributed by atoms with Gasteiger partial charge in [0.15, 0.2) is 5.11 Å². The molecular weight excluding hydrogens is 288 g/mol. The van der Waals surface area contributed by atoms with Crippen LogP contribution in [0.15, 0.2) is 60.7 Å². The van der Waals surface area contributed by atoms with E-state index in [-0.39, 0.29) is 11.1 Å². The van der Waals surface area contributed by atoms with Gasteiger partial charge in [-0.2, -0.15) is 0 Å². The first-order valence-electron chi connectivity index (χ1n) is 7.53. The monoisotopic (exact) mass is 312 g/mol. The van der Waals surface area contributed by atoms with E-state index in [4.69, 9.17) is 12.2 Å². The molecule has 0 heterocycles. The normalized spacial score (nSPS) is 11.8. The Bertz CT molecular complexity index is 563. The molecule has 0 amide bonds. The van der Waals surface area contributed by atoms with Gasteiger partial charge < -0.3 is 10.6 Å². The van der Waals surface area contributed by atoms with Crippen LogP contribution in [0, 0.1) is 0 Å². The van der Waals surface area contributed by atoms with Crippen molar-refractivity contribution in [1.29, 1.82) is 0 Å². The maximum atomic E-state index is 5.53. The maximum Gasteiger partial charge on any atom is 0.167 e. The van der Waals surface area contributed by atoms with Crippen LogP contribution in [0.5, 0.6) is 0 Å². The summed E-state index contributed by atoms with van der Waals surface area (Å²) in [7, 11) is 0. The van der Waals surface area contributed by atoms with Crippen molar-refractivity contribution in [1.82, 2.24) is 10.6 Å². The van der Waals surface area contributed by atoms with Crippen molar-refractivity contribution < 1.29 is 0 Å². The van der Waals surface area contributed by atoms with Crippen LogP contribution in [0.3, 0.4) is 0 Å². The smallest absolute Gasteiger partial charge is 0.167 e. The third kappa shape index (κ3) is 4.08. The second-order valence-corrected chi connectivity index (χ2v) is 6.97. The van der Waals surface area contributed by atoms with Gasteiger partial charge in [0, 0.05) is 0 Å². The summed E-state index contributed by atoms with van der Waals surface area (Å²) in [6.07, 6.45) is 0. The zero-order chi connectivity index (χ0) is 16.2. The molecule has 0 aliphatic rings. The molecule has 0 atom stereocenters. The zero-order valence-corrected chi connectivity index (χ0v) is 14.5. The Hall–Kier alpha value is -1.87. The third-order valence-corrected chi connectivity index (χ3v) is 4.05. The highest BCUT2D eigenvalue weighted by atomic mass is 32.1. The molecule has 0 aliphatic heterocycles. The molecular formula is C19H24N2S. The van der Waals surface area contributed by atoms with E-state index in [0.717, 1.165) is 0 Å². The molecule has 2 aromatic rings. The summed E-state index contributed by atoms with van der Waals surface area (Å²) >= 11 is 5.53. The van der Waals surface area contributed by atoms with Crippen LogP contribution in [-0.4, -0.2) is 5.11 Å². The second kappa shape index (κ2) is 6.49. The molecule has 0 bridgehead atoms. The Morgan fingerprint density at radius 3 is 1.32 bits per heavy atom. The fraction of sp³-hybridized carbons (Fsp3) is 0.316. The molecule has 2 rings (SSSR count). The molecule has 0 radical (unpaired) electrons. The van der Waals surface area contributed by atoms with E-state index >= 15 is 0 Å². The Balaban J connectivity index is 2.07. The van der Waals surface area contributed by atoms with Crippen molar-refractivity contribution in [2.45, 2.75) is 38.8 Å². The lowest BCUT2D eigenvalue weighted by molar-refractivity contribution is 0.442. The quantitative estimate of drug-likeness (QED) is 0.822. The van der Waals surface area contributed by atoms with Gasteiger partial charge in [-0.25, -0.2) is 0 Å². The summed E-state index contributed by atoms with van der Waals surface area (Å²) in [5.41, 5.74) is 1.96. The van der Waals surface area contributed by atoms with Crippen LogP contribution in [0.25, 0.3) is 0 Å². The first-order chi connectivity index (χ1) is 10.3. The molecule has 116 valence electrons. The number of hydrogen-bond acceptors (Lipinski definition) is 1. The van der Waals surface area contributed by atoms with Crippen molar-refractivity contribution >= 4 is 17.3 Å². The van der Waals surface area contributed by atoms with Crippen LogP contribution in [0.1, 0.15) is 38.8 Å². The molecule has 3 heteroatoms. The zero-order valence-electron chi connectivity index (χ0n) is 13.7. The summed E-state index contributed by atoms with van der Waals surface area (Å²) < 4.78 is 0. The molecule has 0 aromatic heterocycles. The minimum atomic E-state index is -0.224. The molecule has 2 N–H and O–H groups in total. The van der Waals surface area contributed by atoms with Crippen molar-refractivity contribution in [3.05, 3.63) is 71.8 Å². The van der Waals surface area contributed by atoms with Gasteiger partial charge in [0.2, 0.25) is 0 Å². The van der Waals surface area contributed by atoms with Gasteiger partial charge in [0.25, 0.3) is 0 Å². The van der Waals surface area contributed by atoms with E-state index in [1.54, 1.807) is 0 Å². The summed E-state index contributed by atoms with van der Waals surface area (Å²) in [5, 5.41) is 7.49. The van der Waals surface area contributed by atoms with E-state index in [0.29, 0.717) is 5.11 Å². The van der Waals surface area contributed by atoms with Crippen molar-refractivity contribution in [3.8, 4) is 0 Å². The molecule has 0 unspecified atom stereocenters. The lowest BCUT2D eigenvalue weighted by atomic mass is 9.93. The molecule has 0 spiro atoms. The first-order valence-corrected chi connectivity index (χ1v) is 7.93. The second-order valence-electron chi connectivity index (χ2n) is 6.56.